The van der Waals surface area contributed by atoms with Gasteiger partial charge in [0.1, 0.15) is 0 Å². The van der Waals surface area contributed by atoms with Crippen molar-refractivity contribution in [2.24, 2.45) is 17.8 Å². The molecule has 2 heterocycles. The van der Waals surface area contributed by atoms with Crippen LogP contribution in [0.4, 0.5) is 5.82 Å². The van der Waals surface area contributed by atoms with E-state index in [9.17, 15) is 9.90 Å². The van der Waals surface area contributed by atoms with Crippen LogP contribution in [0, 0.1) is 24.7 Å². The molecule has 1 saturated heterocycles. The second-order valence-corrected chi connectivity index (χ2v) is 5.29. The average molecular weight is 249 g/mol. The number of nitrogens with zero attached hydrogens (tertiary/aromatic N) is 3. The number of hydrogen-bond acceptors (Lipinski definition) is 4. The number of aromatic nitrogens is 2. The number of aliphatic carboxylic acids is 1. The molecule has 2 atom stereocenters. The lowest BCUT2D eigenvalue weighted by Gasteiger charge is -2.18. The predicted molar refractivity (Wildman–Crippen MR) is 68.4 cm³/mol. The molecule has 5 heteroatoms. The third-order valence-corrected chi connectivity index (χ3v) is 3.65. The molecule has 1 N–H and O–H groups in total. The van der Waals surface area contributed by atoms with Crippen LogP contribution in [0.25, 0.3) is 0 Å². The van der Waals surface area contributed by atoms with Gasteiger partial charge in [-0.25, -0.2) is 0 Å². The van der Waals surface area contributed by atoms with E-state index in [0.717, 1.165) is 18.1 Å². The summed E-state index contributed by atoms with van der Waals surface area (Å²) in [5, 5.41) is 17.4. The molecule has 0 spiro atoms. The molecule has 0 unspecified atom stereocenters. The summed E-state index contributed by atoms with van der Waals surface area (Å²) >= 11 is 0. The minimum absolute atomic E-state index is 0.172. The van der Waals surface area contributed by atoms with E-state index in [1.54, 1.807) is 0 Å². The maximum absolute atomic E-state index is 11.3. The van der Waals surface area contributed by atoms with Crippen molar-refractivity contribution in [3.63, 3.8) is 0 Å². The molecule has 1 aromatic heterocycles. The lowest BCUT2D eigenvalue weighted by Crippen LogP contribution is -2.25. The minimum Gasteiger partial charge on any atom is -0.481 e. The first-order valence-electron chi connectivity index (χ1n) is 6.27. The first kappa shape index (κ1) is 12.8. The molecular weight excluding hydrogens is 230 g/mol. The Morgan fingerprint density at radius 3 is 2.56 bits per heavy atom. The second kappa shape index (κ2) is 4.92. The van der Waals surface area contributed by atoms with Crippen LogP contribution >= 0.6 is 0 Å². The van der Waals surface area contributed by atoms with Gasteiger partial charge in [0, 0.05) is 13.1 Å². The van der Waals surface area contributed by atoms with Crippen LogP contribution in [-0.4, -0.2) is 34.4 Å². The highest BCUT2D eigenvalue weighted by Gasteiger charge is 2.39. The molecule has 0 aliphatic carbocycles. The molecule has 0 radical (unpaired) electrons. The Balaban J connectivity index is 2.18. The van der Waals surface area contributed by atoms with Gasteiger partial charge in [0.25, 0.3) is 0 Å². The van der Waals surface area contributed by atoms with Gasteiger partial charge in [-0.3, -0.25) is 4.79 Å². The maximum Gasteiger partial charge on any atom is 0.308 e. The van der Waals surface area contributed by atoms with Crippen molar-refractivity contribution in [3.05, 3.63) is 17.8 Å². The molecule has 0 saturated carbocycles. The third-order valence-electron chi connectivity index (χ3n) is 3.65. The third kappa shape index (κ3) is 2.44. The summed E-state index contributed by atoms with van der Waals surface area (Å²) in [6, 6.07) is 3.81. The van der Waals surface area contributed by atoms with E-state index in [1.807, 2.05) is 24.0 Å². The zero-order valence-corrected chi connectivity index (χ0v) is 11.0. The Kier molecular flexibility index (Phi) is 3.50. The number of hydrogen-bond donors (Lipinski definition) is 1. The molecule has 0 amide bonds. The number of carbonyl (C=O) groups is 1. The second-order valence-electron chi connectivity index (χ2n) is 5.29. The Bertz CT molecular complexity index is 430. The van der Waals surface area contributed by atoms with Crippen molar-refractivity contribution in [2.75, 3.05) is 18.0 Å². The quantitative estimate of drug-likeness (QED) is 0.881. The summed E-state index contributed by atoms with van der Waals surface area (Å²) in [5.41, 5.74) is 0.869. The summed E-state index contributed by atoms with van der Waals surface area (Å²) in [5.74, 6) is 0.277. The van der Waals surface area contributed by atoms with Gasteiger partial charge in [-0.05, 0) is 30.9 Å². The van der Waals surface area contributed by atoms with Crippen LogP contribution in [0.3, 0.4) is 0 Å². The van der Waals surface area contributed by atoms with Crippen molar-refractivity contribution in [2.45, 2.75) is 20.8 Å². The molecule has 1 fully saturated rings. The van der Waals surface area contributed by atoms with E-state index in [-0.39, 0.29) is 11.8 Å². The van der Waals surface area contributed by atoms with Gasteiger partial charge in [0.05, 0.1) is 11.6 Å². The highest BCUT2D eigenvalue weighted by molar-refractivity contribution is 5.72. The number of carboxylic acid groups (broad SMARTS) is 1. The van der Waals surface area contributed by atoms with Crippen LogP contribution in [0.1, 0.15) is 19.5 Å². The number of carboxylic acids is 1. The molecule has 0 bridgehead atoms. The van der Waals surface area contributed by atoms with Gasteiger partial charge < -0.3 is 10.0 Å². The largest absolute Gasteiger partial charge is 0.481 e. The molecule has 18 heavy (non-hydrogen) atoms. The van der Waals surface area contributed by atoms with E-state index in [4.69, 9.17) is 0 Å². The van der Waals surface area contributed by atoms with Gasteiger partial charge in [0.15, 0.2) is 5.82 Å². The average Bonchev–Trinajstić information content (AvgIpc) is 2.75. The summed E-state index contributed by atoms with van der Waals surface area (Å²) in [6.07, 6.45) is 0. The molecule has 1 aliphatic heterocycles. The lowest BCUT2D eigenvalue weighted by molar-refractivity contribution is -0.142. The fraction of sp³-hybridized carbons (Fsp3) is 0.615. The molecular formula is C13H19N3O2. The molecule has 98 valence electrons. The zero-order chi connectivity index (χ0) is 13.3. The van der Waals surface area contributed by atoms with Crippen molar-refractivity contribution >= 4 is 11.8 Å². The minimum atomic E-state index is -0.712. The Morgan fingerprint density at radius 2 is 2.11 bits per heavy atom. The zero-order valence-electron chi connectivity index (χ0n) is 11.0. The first-order chi connectivity index (χ1) is 8.49. The molecule has 1 aliphatic rings. The first-order valence-corrected chi connectivity index (χ1v) is 6.27. The van der Waals surface area contributed by atoms with E-state index in [0.29, 0.717) is 12.5 Å². The van der Waals surface area contributed by atoms with Crippen LogP contribution in [0.2, 0.25) is 0 Å². The number of aryl methyl sites for hydroxylation is 1. The summed E-state index contributed by atoms with van der Waals surface area (Å²) in [7, 11) is 0. The van der Waals surface area contributed by atoms with Crippen molar-refractivity contribution in [3.8, 4) is 0 Å². The van der Waals surface area contributed by atoms with E-state index in [2.05, 4.69) is 24.0 Å². The van der Waals surface area contributed by atoms with Crippen LogP contribution < -0.4 is 4.90 Å². The van der Waals surface area contributed by atoms with E-state index < -0.39 is 5.97 Å². The van der Waals surface area contributed by atoms with Crippen molar-refractivity contribution in [1.29, 1.82) is 0 Å². The van der Waals surface area contributed by atoms with Crippen LogP contribution in [0.15, 0.2) is 12.1 Å². The molecule has 5 nitrogen and oxygen atoms in total. The highest BCUT2D eigenvalue weighted by Crippen LogP contribution is 2.32. The fourth-order valence-electron chi connectivity index (χ4n) is 2.51. The normalized spacial score (nSPS) is 23.7. The van der Waals surface area contributed by atoms with Gasteiger partial charge >= 0.3 is 5.97 Å². The Morgan fingerprint density at radius 1 is 1.39 bits per heavy atom. The Labute approximate surface area is 107 Å². The van der Waals surface area contributed by atoms with Gasteiger partial charge in [0.2, 0.25) is 0 Å². The smallest absolute Gasteiger partial charge is 0.308 e. The standard InChI is InChI=1S/C13H19N3O2/c1-8(2)10-6-16(7-11(10)13(17)18)12-5-4-9(3)14-15-12/h4-5,8,10-11H,6-7H2,1-3H3,(H,17,18)/t10-,11+/m0/s1. The van der Waals surface area contributed by atoms with Crippen molar-refractivity contribution in [1.82, 2.24) is 10.2 Å². The topological polar surface area (TPSA) is 66.3 Å². The lowest BCUT2D eigenvalue weighted by atomic mass is 9.86. The fourth-order valence-corrected chi connectivity index (χ4v) is 2.51. The van der Waals surface area contributed by atoms with E-state index in [1.165, 1.54) is 0 Å². The number of anilines is 1. The maximum atomic E-state index is 11.3. The monoisotopic (exact) mass is 249 g/mol. The van der Waals surface area contributed by atoms with Gasteiger partial charge in [-0.1, -0.05) is 13.8 Å². The Hall–Kier alpha value is -1.65. The summed E-state index contributed by atoms with van der Waals surface area (Å²) < 4.78 is 0. The van der Waals surface area contributed by atoms with Crippen molar-refractivity contribution < 1.29 is 9.90 Å². The van der Waals surface area contributed by atoms with Crippen LogP contribution in [0.5, 0.6) is 0 Å². The number of rotatable bonds is 3. The molecule has 1 aromatic rings. The summed E-state index contributed by atoms with van der Waals surface area (Å²) in [4.78, 5) is 13.3. The molecule has 2 rings (SSSR count). The predicted octanol–water partition coefficient (Wildman–Crippen LogP) is 1.58. The molecule has 0 aromatic carbocycles. The summed E-state index contributed by atoms with van der Waals surface area (Å²) in [6.45, 7) is 7.30. The van der Waals surface area contributed by atoms with Crippen LogP contribution in [-0.2, 0) is 4.79 Å². The highest BCUT2D eigenvalue weighted by atomic mass is 16.4. The van der Waals surface area contributed by atoms with E-state index >= 15 is 0 Å². The SMILES string of the molecule is Cc1ccc(N2C[C@@H](C(=O)O)[C@H](C(C)C)C2)nn1. The van der Waals surface area contributed by atoms with Gasteiger partial charge in [-0.2, -0.15) is 5.10 Å². The van der Waals surface area contributed by atoms with Gasteiger partial charge in [-0.15, -0.1) is 5.10 Å².